The normalized spacial score (nSPS) is 38.3. The summed E-state index contributed by atoms with van der Waals surface area (Å²) in [5.41, 5.74) is 3.31. The van der Waals surface area contributed by atoms with Crippen molar-refractivity contribution >= 4 is 8.32 Å². The van der Waals surface area contributed by atoms with E-state index in [4.69, 9.17) is 4.43 Å². The minimum atomic E-state index is -1.48. The summed E-state index contributed by atoms with van der Waals surface area (Å²) in [6.07, 6.45) is 8.11. The molecule has 0 spiro atoms. The molecule has 5 atom stereocenters. The third kappa shape index (κ3) is 2.64. The molecule has 2 fully saturated rings. The topological polar surface area (TPSA) is 29.5 Å². The van der Waals surface area contributed by atoms with Gasteiger partial charge in [0.2, 0.25) is 0 Å². The van der Waals surface area contributed by atoms with Gasteiger partial charge in [-0.1, -0.05) is 13.0 Å². The Kier molecular flexibility index (Phi) is 3.89. The first-order valence-electron chi connectivity index (χ1n) is 9.77. The molecule has 3 aliphatic rings. The first kappa shape index (κ1) is 16.7. The Hall–Kier alpha value is -0.803. The predicted molar refractivity (Wildman–Crippen MR) is 101 cm³/mol. The SMILES string of the molecule is CC12CCC3c4ccc(O)cc4CCC3C1CCC2O[Si](C)(C)C. The zero-order chi connectivity index (χ0) is 17.1. The van der Waals surface area contributed by atoms with Crippen molar-refractivity contribution in [2.45, 2.75) is 77.1 Å². The smallest absolute Gasteiger partial charge is 0.184 e. The Morgan fingerprint density at radius 3 is 2.67 bits per heavy atom. The number of hydrogen-bond acceptors (Lipinski definition) is 2. The van der Waals surface area contributed by atoms with Crippen molar-refractivity contribution in [1.29, 1.82) is 0 Å². The van der Waals surface area contributed by atoms with E-state index in [2.05, 4.69) is 32.6 Å². The van der Waals surface area contributed by atoms with E-state index >= 15 is 0 Å². The highest BCUT2D eigenvalue weighted by Crippen LogP contribution is 2.61. The van der Waals surface area contributed by atoms with Crippen molar-refractivity contribution in [3.8, 4) is 5.75 Å². The summed E-state index contributed by atoms with van der Waals surface area (Å²) in [5, 5.41) is 9.81. The molecule has 1 aromatic rings. The molecule has 24 heavy (non-hydrogen) atoms. The molecule has 0 aromatic heterocycles. The van der Waals surface area contributed by atoms with Crippen LogP contribution in [-0.2, 0) is 10.8 Å². The van der Waals surface area contributed by atoms with Crippen molar-refractivity contribution in [3.63, 3.8) is 0 Å². The zero-order valence-corrected chi connectivity index (χ0v) is 16.6. The van der Waals surface area contributed by atoms with Crippen LogP contribution in [0.4, 0.5) is 0 Å². The highest BCUT2D eigenvalue weighted by Gasteiger charge is 2.55. The lowest BCUT2D eigenvalue weighted by molar-refractivity contribution is -0.0140. The number of hydrogen-bond donors (Lipinski definition) is 1. The third-order valence-electron chi connectivity index (χ3n) is 7.12. The average Bonchev–Trinajstić information content (AvgIpc) is 2.82. The standard InChI is InChI=1S/C21H32O2Si/c1-21-12-11-17-16-8-6-15(22)13-14(16)5-7-18(17)19(21)9-10-20(21)23-24(2,3)4/h6,8,13,17-20,22H,5,7,9-12H2,1-4H3. The Morgan fingerprint density at radius 1 is 1.12 bits per heavy atom. The van der Waals surface area contributed by atoms with E-state index in [0.29, 0.717) is 23.2 Å². The molecule has 5 unspecified atom stereocenters. The maximum Gasteiger partial charge on any atom is 0.184 e. The summed E-state index contributed by atoms with van der Waals surface area (Å²) >= 11 is 0. The molecule has 0 heterocycles. The lowest BCUT2D eigenvalue weighted by Gasteiger charge is -2.51. The molecule has 0 bridgehead atoms. The first-order chi connectivity index (χ1) is 11.3. The Balaban J connectivity index is 1.61. The summed E-state index contributed by atoms with van der Waals surface area (Å²) in [6, 6.07) is 6.10. The van der Waals surface area contributed by atoms with Crippen LogP contribution in [0.25, 0.3) is 0 Å². The summed E-state index contributed by atoms with van der Waals surface area (Å²) in [7, 11) is -1.48. The Morgan fingerprint density at radius 2 is 1.92 bits per heavy atom. The quantitative estimate of drug-likeness (QED) is 0.721. The number of phenolic OH excluding ortho intramolecular Hbond substituents is 1. The lowest BCUT2D eigenvalue weighted by Crippen LogP contribution is -2.47. The van der Waals surface area contributed by atoms with Crippen LogP contribution in [0.15, 0.2) is 18.2 Å². The zero-order valence-electron chi connectivity index (χ0n) is 15.6. The van der Waals surface area contributed by atoms with Crippen molar-refractivity contribution in [1.82, 2.24) is 0 Å². The number of phenols is 1. The average molecular weight is 345 g/mol. The first-order valence-corrected chi connectivity index (χ1v) is 13.2. The molecular weight excluding hydrogens is 312 g/mol. The molecule has 3 aliphatic carbocycles. The number of benzene rings is 1. The fraction of sp³-hybridized carbons (Fsp3) is 0.714. The fourth-order valence-electron chi connectivity index (χ4n) is 6.14. The summed E-state index contributed by atoms with van der Waals surface area (Å²) < 4.78 is 6.64. The van der Waals surface area contributed by atoms with Gasteiger partial charge in [-0.05, 0) is 105 Å². The summed E-state index contributed by atoms with van der Waals surface area (Å²) in [6.45, 7) is 9.52. The molecule has 2 saturated carbocycles. The van der Waals surface area contributed by atoms with Crippen LogP contribution in [-0.4, -0.2) is 19.5 Å². The van der Waals surface area contributed by atoms with Gasteiger partial charge in [-0.25, -0.2) is 0 Å². The van der Waals surface area contributed by atoms with E-state index in [0.717, 1.165) is 18.3 Å². The van der Waals surface area contributed by atoms with Gasteiger partial charge < -0.3 is 9.53 Å². The molecule has 0 saturated heterocycles. The monoisotopic (exact) mass is 344 g/mol. The number of fused-ring (bicyclic) bond motifs is 5. The van der Waals surface area contributed by atoms with Crippen LogP contribution >= 0.6 is 0 Å². The van der Waals surface area contributed by atoms with E-state index in [-0.39, 0.29) is 0 Å². The van der Waals surface area contributed by atoms with Crippen molar-refractivity contribution in [3.05, 3.63) is 29.3 Å². The molecule has 132 valence electrons. The van der Waals surface area contributed by atoms with Gasteiger partial charge in [-0.3, -0.25) is 0 Å². The third-order valence-corrected chi connectivity index (χ3v) is 8.11. The van der Waals surface area contributed by atoms with Gasteiger partial charge in [0, 0.05) is 0 Å². The molecule has 3 heteroatoms. The molecule has 0 aliphatic heterocycles. The molecule has 1 aromatic carbocycles. The Labute approximate surface area is 147 Å². The minimum absolute atomic E-state index is 0.385. The van der Waals surface area contributed by atoms with Crippen LogP contribution in [0.2, 0.25) is 19.6 Å². The van der Waals surface area contributed by atoms with E-state index in [1.54, 1.807) is 0 Å². The Bertz CT molecular complexity index is 635. The van der Waals surface area contributed by atoms with E-state index in [1.807, 2.05) is 12.1 Å². The van der Waals surface area contributed by atoms with Crippen LogP contribution in [0, 0.1) is 17.3 Å². The van der Waals surface area contributed by atoms with Crippen molar-refractivity contribution in [2.24, 2.45) is 17.3 Å². The second kappa shape index (κ2) is 5.60. The maximum atomic E-state index is 9.81. The van der Waals surface area contributed by atoms with E-state index in [1.165, 1.54) is 43.2 Å². The summed E-state index contributed by atoms with van der Waals surface area (Å²) in [4.78, 5) is 0. The molecule has 4 rings (SSSR count). The minimum Gasteiger partial charge on any atom is -0.508 e. The molecular formula is C21H32O2Si. The number of aromatic hydroxyl groups is 1. The van der Waals surface area contributed by atoms with Gasteiger partial charge in [0.1, 0.15) is 5.75 Å². The van der Waals surface area contributed by atoms with Crippen LogP contribution in [0.5, 0.6) is 5.75 Å². The van der Waals surface area contributed by atoms with Crippen LogP contribution < -0.4 is 0 Å². The highest BCUT2D eigenvalue weighted by molar-refractivity contribution is 6.69. The molecule has 1 N–H and O–H groups in total. The van der Waals surface area contributed by atoms with Crippen molar-refractivity contribution in [2.75, 3.05) is 0 Å². The van der Waals surface area contributed by atoms with Crippen LogP contribution in [0.3, 0.4) is 0 Å². The van der Waals surface area contributed by atoms with Crippen molar-refractivity contribution < 1.29 is 9.53 Å². The molecule has 0 amide bonds. The maximum absolute atomic E-state index is 9.81. The second-order valence-electron chi connectivity index (χ2n) is 9.64. The van der Waals surface area contributed by atoms with Gasteiger partial charge in [-0.2, -0.15) is 0 Å². The van der Waals surface area contributed by atoms with Gasteiger partial charge >= 0.3 is 0 Å². The van der Waals surface area contributed by atoms with Gasteiger partial charge in [0.05, 0.1) is 6.10 Å². The lowest BCUT2D eigenvalue weighted by atomic mass is 9.55. The van der Waals surface area contributed by atoms with E-state index < -0.39 is 8.32 Å². The summed E-state index contributed by atoms with van der Waals surface area (Å²) in [5.74, 6) is 2.77. The van der Waals surface area contributed by atoms with Gasteiger partial charge in [-0.15, -0.1) is 0 Å². The number of rotatable bonds is 2. The van der Waals surface area contributed by atoms with Gasteiger partial charge in [0.15, 0.2) is 8.32 Å². The fourth-order valence-corrected chi connectivity index (χ4v) is 7.38. The molecule has 0 radical (unpaired) electrons. The van der Waals surface area contributed by atoms with E-state index in [9.17, 15) is 5.11 Å². The predicted octanol–water partition coefficient (Wildman–Crippen LogP) is 5.47. The molecule has 2 nitrogen and oxygen atoms in total. The van der Waals surface area contributed by atoms with Gasteiger partial charge in [0.25, 0.3) is 0 Å². The van der Waals surface area contributed by atoms with Crippen LogP contribution in [0.1, 0.15) is 56.1 Å². The number of aryl methyl sites for hydroxylation is 1. The largest absolute Gasteiger partial charge is 0.508 e. The highest BCUT2D eigenvalue weighted by atomic mass is 28.4. The second-order valence-corrected chi connectivity index (χ2v) is 14.1.